The summed E-state index contributed by atoms with van der Waals surface area (Å²) in [5.41, 5.74) is 1.05. The summed E-state index contributed by atoms with van der Waals surface area (Å²) < 4.78 is 17.0. The second-order valence-corrected chi connectivity index (χ2v) is 9.36. The number of hydrogen-bond donors (Lipinski definition) is 4. The normalized spacial score (nSPS) is 25.5. The summed E-state index contributed by atoms with van der Waals surface area (Å²) in [6, 6.07) is 5.46. The number of nitrogens with one attached hydrogen (secondary N) is 1. The number of hydrogen-bond acceptors (Lipinski definition) is 7. The lowest BCUT2D eigenvalue weighted by atomic mass is 10.0. The van der Waals surface area contributed by atoms with Crippen LogP contribution in [0.5, 0.6) is 5.75 Å². The third-order valence-electron chi connectivity index (χ3n) is 4.14. The molecule has 0 aliphatic carbocycles. The predicted molar refractivity (Wildman–Crippen MR) is 108 cm³/mol. The van der Waals surface area contributed by atoms with Crippen molar-refractivity contribution in [1.82, 2.24) is 0 Å². The van der Waals surface area contributed by atoms with E-state index in [0.29, 0.717) is 18.0 Å². The Kier molecular flexibility index (Phi) is 7.16. The predicted octanol–water partition coefficient (Wildman–Crippen LogP) is 2.51. The van der Waals surface area contributed by atoms with Crippen molar-refractivity contribution in [2.45, 2.75) is 90.3 Å². The summed E-state index contributed by atoms with van der Waals surface area (Å²) in [7, 11) is 0. The Morgan fingerprint density at radius 2 is 1.83 bits per heavy atom. The highest BCUT2D eigenvalue weighted by Gasteiger charge is 2.41. The molecule has 164 valence electrons. The van der Waals surface area contributed by atoms with Crippen molar-refractivity contribution < 1.29 is 34.3 Å². The van der Waals surface area contributed by atoms with Crippen LogP contribution in [0.3, 0.4) is 0 Å². The lowest BCUT2D eigenvalue weighted by Gasteiger charge is -2.35. The van der Waals surface area contributed by atoms with E-state index in [1.165, 1.54) is 0 Å². The van der Waals surface area contributed by atoms with Crippen molar-refractivity contribution in [2.24, 2.45) is 0 Å². The van der Waals surface area contributed by atoms with E-state index < -0.39 is 30.6 Å². The summed E-state index contributed by atoms with van der Waals surface area (Å²) in [6.45, 7) is 12.3. The van der Waals surface area contributed by atoms with E-state index in [9.17, 15) is 20.1 Å². The SMILES string of the molecule is CC(C)(C)Nc1cc(COC(C)(C)C)ccc1O[C@@H]1O[C@H](C(=O)O)[C@@H](O)C[C@H]1O. The minimum atomic E-state index is -1.46. The number of aliphatic hydroxyl groups is 2. The molecule has 0 amide bonds. The first kappa shape index (κ1) is 23.4. The number of rotatable bonds is 6. The average molecular weight is 411 g/mol. The second kappa shape index (κ2) is 8.87. The molecule has 1 aliphatic rings. The van der Waals surface area contributed by atoms with E-state index >= 15 is 0 Å². The lowest BCUT2D eigenvalue weighted by molar-refractivity contribution is -0.237. The molecule has 4 atom stereocenters. The molecule has 2 rings (SSSR count). The Morgan fingerprint density at radius 1 is 1.17 bits per heavy atom. The smallest absolute Gasteiger partial charge is 0.335 e. The average Bonchev–Trinajstić information content (AvgIpc) is 2.54. The molecule has 0 bridgehead atoms. The molecule has 0 aromatic heterocycles. The molecule has 4 N–H and O–H groups in total. The molecular weight excluding hydrogens is 378 g/mol. The van der Waals surface area contributed by atoms with E-state index in [1.807, 2.05) is 53.7 Å². The van der Waals surface area contributed by atoms with Gasteiger partial charge in [-0.2, -0.15) is 0 Å². The Morgan fingerprint density at radius 3 is 2.38 bits per heavy atom. The molecule has 0 radical (unpaired) electrons. The van der Waals surface area contributed by atoms with E-state index in [2.05, 4.69) is 5.32 Å². The maximum atomic E-state index is 11.3. The van der Waals surface area contributed by atoms with Gasteiger partial charge in [-0.1, -0.05) is 6.07 Å². The van der Waals surface area contributed by atoms with Crippen LogP contribution in [0.25, 0.3) is 0 Å². The lowest BCUT2D eigenvalue weighted by Crippen LogP contribution is -2.52. The molecule has 1 aromatic carbocycles. The van der Waals surface area contributed by atoms with Crippen molar-refractivity contribution in [1.29, 1.82) is 0 Å². The summed E-state index contributed by atoms with van der Waals surface area (Å²) in [5.74, 6) is -0.898. The van der Waals surface area contributed by atoms with Gasteiger partial charge in [0.25, 0.3) is 0 Å². The number of ether oxygens (including phenoxy) is 3. The number of aliphatic hydroxyl groups excluding tert-OH is 2. The second-order valence-electron chi connectivity index (χ2n) is 9.36. The first-order valence-electron chi connectivity index (χ1n) is 9.71. The largest absolute Gasteiger partial charge is 0.479 e. The molecule has 8 heteroatoms. The Labute approximate surface area is 171 Å². The molecule has 1 aromatic rings. The molecule has 0 unspecified atom stereocenters. The first-order valence-corrected chi connectivity index (χ1v) is 9.71. The van der Waals surface area contributed by atoms with Crippen molar-refractivity contribution >= 4 is 11.7 Å². The van der Waals surface area contributed by atoms with Crippen LogP contribution in [0.1, 0.15) is 53.5 Å². The molecule has 1 heterocycles. The van der Waals surface area contributed by atoms with Crippen LogP contribution >= 0.6 is 0 Å². The van der Waals surface area contributed by atoms with Gasteiger partial charge in [-0.05, 0) is 59.2 Å². The van der Waals surface area contributed by atoms with Gasteiger partial charge in [-0.3, -0.25) is 0 Å². The number of benzene rings is 1. The van der Waals surface area contributed by atoms with E-state index in [-0.39, 0.29) is 17.6 Å². The van der Waals surface area contributed by atoms with Gasteiger partial charge < -0.3 is 34.8 Å². The molecule has 0 saturated carbocycles. The number of aliphatic carboxylic acids is 1. The molecule has 1 aliphatic heterocycles. The zero-order valence-corrected chi connectivity index (χ0v) is 17.9. The molecular formula is C21H33NO7. The van der Waals surface area contributed by atoms with E-state index in [4.69, 9.17) is 14.2 Å². The minimum absolute atomic E-state index is 0.152. The highest BCUT2D eigenvalue weighted by Crippen LogP contribution is 2.32. The topological polar surface area (TPSA) is 117 Å². The summed E-state index contributed by atoms with van der Waals surface area (Å²) in [6.07, 6.45) is -5.28. The number of carboxylic acid groups (broad SMARTS) is 1. The van der Waals surface area contributed by atoms with Crippen LogP contribution in [-0.2, 0) is 20.9 Å². The van der Waals surface area contributed by atoms with Crippen molar-refractivity contribution in [3.63, 3.8) is 0 Å². The standard InChI is InChI=1S/C21H33NO7/c1-20(2,3)22-13-9-12(11-27-21(4,5)6)7-8-16(13)28-19-15(24)10-14(23)17(29-19)18(25)26/h7-9,14-15,17,19,22-24H,10-11H2,1-6H3,(H,25,26)/t14-,15+,17-,19+/m0/s1. The fourth-order valence-corrected chi connectivity index (χ4v) is 2.83. The van der Waals surface area contributed by atoms with E-state index in [1.54, 1.807) is 6.07 Å². The van der Waals surface area contributed by atoms with Crippen LogP contribution in [0.4, 0.5) is 5.69 Å². The molecule has 1 fully saturated rings. The zero-order valence-electron chi connectivity index (χ0n) is 17.9. The Balaban J connectivity index is 2.24. The van der Waals surface area contributed by atoms with E-state index in [0.717, 1.165) is 5.56 Å². The van der Waals surface area contributed by atoms with Gasteiger partial charge in [-0.15, -0.1) is 0 Å². The van der Waals surface area contributed by atoms with Crippen LogP contribution in [0, 0.1) is 0 Å². The van der Waals surface area contributed by atoms with Crippen molar-refractivity contribution in [3.05, 3.63) is 23.8 Å². The maximum absolute atomic E-state index is 11.3. The Bertz CT molecular complexity index is 708. The minimum Gasteiger partial charge on any atom is -0.479 e. The highest BCUT2D eigenvalue weighted by molar-refractivity contribution is 5.73. The summed E-state index contributed by atoms with van der Waals surface area (Å²) >= 11 is 0. The van der Waals surface area contributed by atoms with Gasteiger partial charge in [0, 0.05) is 12.0 Å². The van der Waals surface area contributed by atoms with Gasteiger partial charge in [0.15, 0.2) is 6.10 Å². The van der Waals surface area contributed by atoms with Crippen LogP contribution < -0.4 is 10.1 Å². The zero-order chi connectivity index (χ0) is 22.0. The summed E-state index contributed by atoms with van der Waals surface area (Å²) in [5, 5.41) is 32.6. The quantitative estimate of drug-likeness (QED) is 0.564. The monoisotopic (exact) mass is 411 g/mol. The molecule has 29 heavy (non-hydrogen) atoms. The van der Waals surface area contributed by atoms with Crippen LogP contribution in [0.2, 0.25) is 0 Å². The number of carbonyl (C=O) groups is 1. The third kappa shape index (κ3) is 7.15. The molecule has 8 nitrogen and oxygen atoms in total. The van der Waals surface area contributed by atoms with Crippen molar-refractivity contribution in [2.75, 3.05) is 5.32 Å². The van der Waals surface area contributed by atoms with Gasteiger partial charge in [-0.25, -0.2) is 4.79 Å². The van der Waals surface area contributed by atoms with Gasteiger partial charge >= 0.3 is 5.97 Å². The van der Waals surface area contributed by atoms with Crippen molar-refractivity contribution in [3.8, 4) is 5.75 Å². The van der Waals surface area contributed by atoms with Gasteiger partial charge in [0.1, 0.15) is 11.9 Å². The fraction of sp³-hybridized carbons (Fsp3) is 0.667. The van der Waals surface area contributed by atoms with Gasteiger partial charge in [0.05, 0.1) is 24.0 Å². The molecule has 0 spiro atoms. The highest BCUT2D eigenvalue weighted by atomic mass is 16.7. The maximum Gasteiger partial charge on any atom is 0.335 e. The van der Waals surface area contributed by atoms with Crippen LogP contribution in [0.15, 0.2) is 18.2 Å². The Hall–Kier alpha value is -1.87. The fourth-order valence-electron chi connectivity index (χ4n) is 2.83. The third-order valence-corrected chi connectivity index (χ3v) is 4.14. The molecule has 1 saturated heterocycles. The summed E-state index contributed by atoms with van der Waals surface area (Å²) in [4.78, 5) is 11.3. The first-order chi connectivity index (χ1) is 13.2. The number of anilines is 1. The number of carboxylic acids is 1. The van der Waals surface area contributed by atoms with Crippen LogP contribution in [-0.4, -0.2) is 57.0 Å². The van der Waals surface area contributed by atoms with Gasteiger partial charge in [0.2, 0.25) is 6.29 Å².